The van der Waals surface area contributed by atoms with E-state index in [1.807, 2.05) is 25.0 Å². The lowest BCUT2D eigenvalue weighted by atomic mass is 9.95. The fourth-order valence-corrected chi connectivity index (χ4v) is 4.12. The van der Waals surface area contributed by atoms with E-state index in [1.54, 1.807) is 0 Å². The van der Waals surface area contributed by atoms with Crippen LogP contribution in [0.1, 0.15) is 69.3 Å². The molecule has 3 heterocycles. The number of aryl methyl sites for hydroxylation is 1. The largest absolute Gasteiger partial charge is 0.496 e. The van der Waals surface area contributed by atoms with Gasteiger partial charge in [-0.15, -0.1) is 5.10 Å². The Hall–Kier alpha value is -2.22. The average molecular weight is 371 g/mol. The van der Waals surface area contributed by atoms with Gasteiger partial charge in [0.15, 0.2) is 5.82 Å². The first-order chi connectivity index (χ1) is 13.4. The highest BCUT2D eigenvalue weighted by molar-refractivity contribution is 5.01. The number of imidazole rings is 1. The normalized spacial score (nSPS) is 21.9. The summed E-state index contributed by atoms with van der Waals surface area (Å²) in [6, 6.07) is 0.424. The van der Waals surface area contributed by atoms with Crippen molar-refractivity contribution in [3.63, 3.8) is 0 Å². The highest BCUT2D eigenvalue weighted by Gasteiger charge is 2.32. The Morgan fingerprint density at radius 1 is 1.22 bits per heavy atom. The predicted molar refractivity (Wildman–Crippen MR) is 101 cm³/mol. The third kappa shape index (κ3) is 4.55. The van der Waals surface area contributed by atoms with E-state index in [0.717, 1.165) is 51.0 Å². The highest BCUT2D eigenvalue weighted by Crippen LogP contribution is 2.31. The van der Waals surface area contributed by atoms with Gasteiger partial charge in [0.2, 0.25) is 0 Å². The number of aromatic nitrogens is 6. The SMILES string of the molecule is C1=COC(C(NCCCn2ccnc2)c2nnnn2C2CCCCC2)CC1. The third-order valence-corrected chi connectivity index (χ3v) is 5.57. The number of tetrazole rings is 1. The van der Waals surface area contributed by atoms with Crippen molar-refractivity contribution < 1.29 is 4.74 Å². The van der Waals surface area contributed by atoms with Crippen molar-refractivity contribution >= 4 is 0 Å². The standard InChI is InChI=1S/C19H29N7O/c1-2-7-16(8-3-1)26-19(22-23-24-26)18(17-9-4-5-14-27-17)21-10-6-12-25-13-11-20-15-25/h5,11,13-18,21H,1-4,6-10,12H2. The van der Waals surface area contributed by atoms with Gasteiger partial charge in [-0.3, -0.25) is 0 Å². The number of hydrogen-bond donors (Lipinski definition) is 1. The maximum absolute atomic E-state index is 5.94. The van der Waals surface area contributed by atoms with Crippen LogP contribution in [0.2, 0.25) is 0 Å². The Morgan fingerprint density at radius 3 is 2.93 bits per heavy atom. The summed E-state index contributed by atoms with van der Waals surface area (Å²) in [5.41, 5.74) is 0. The Labute approximate surface area is 160 Å². The lowest BCUT2D eigenvalue weighted by molar-refractivity contribution is 0.0789. The lowest BCUT2D eigenvalue weighted by Crippen LogP contribution is -2.37. The molecule has 1 saturated carbocycles. The van der Waals surface area contributed by atoms with Gasteiger partial charge in [-0.2, -0.15) is 0 Å². The van der Waals surface area contributed by atoms with Gasteiger partial charge >= 0.3 is 0 Å². The molecule has 2 aliphatic rings. The maximum Gasteiger partial charge on any atom is 0.172 e. The van der Waals surface area contributed by atoms with E-state index < -0.39 is 0 Å². The second-order valence-electron chi connectivity index (χ2n) is 7.48. The highest BCUT2D eigenvalue weighted by atomic mass is 16.5. The molecule has 0 saturated heterocycles. The van der Waals surface area contributed by atoms with Crippen molar-refractivity contribution in [1.82, 2.24) is 35.1 Å². The molecule has 27 heavy (non-hydrogen) atoms. The lowest BCUT2D eigenvalue weighted by Gasteiger charge is -2.30. The van der Waals surface area contributed by atoms with E-state index >= 15 is 0 Å². The first-order valence-corrected chi connectivity index (χ1v) is 10.2. The molecule has 1 aliphatic carbocycles. The summed E-state index contributed by atoms with van der Waals surface area (Å²) in [7, 11) is 0. The summed E-state index contributed by atoms with van der Waals surface area (Å²) < 4.78 is 10.1. The Bertz CT molecular complexity index is 705. The van der Waals surface area contributed by atoms with Gasteiger partial charge in [0, 0.05) is 18.9 Å². The molecule has 2 aromatic rings. The number of nitrogens with zero attached hydrogens (tertiary/aromatic N) is 6. The van der Waals surface area contributed by atoms with E-state index in [-0.39, 0.29) is 12.1 Å². The molecule has 1 fully saturated rings. The van der Waals surface area contributed by atoms with Crippen LogP contribution >= 0.6 is 0 Å². The zero-order chi connectivity index (χ0) is 18.3. The molecule has 0 aromatic carbocycles. The Kier molecular flexibility index (Phi) is 6.13. The van der Waals surface area contributed by atoms with E-state index in [4.69, 9.17) is 4.74 Å². The molecule has 2 aromatic heterocycles. The zero-order valence-electron chi connectivity index (χ0n) is 15.8. The van der Waals surface area contributed by atoms with Gasteiger partial charge in [0.05, 0.1) is 18.6 Å². The maximum atomic E-state index is 5.94. The van der Waals surface area contributed by atoms with Gasteiger partial charge in [-0.25, -0.2) is 9.67 Å². The van der Waals surface area contributed by atoms with E-state index in [1.165, 1.54) is 19.3 Å². The summed E-state index contributed by atoms with van der Waals surface area (Å²) >= 11 is 0. The summed E-state index contributed by atoms with van der Waals surface area (Å²) in [5.74, 6) is 0.921. The van der Waals surface area contributed by atoms with Gasteiger partial charge in [-0.1, -0.05) is 19.3 Å². The number of allylic oxidation sites excluding steroid dienone is 1. The van der Waals surface area contributed by atoms with Gasteiger partial charge < -0.3 is 14.6 Å². The summed E-state index contributed by atoms with van der Waals surface area (Å²) in [6.45, 7) is 1.82. The number of ether oxygens (including phenoxy) is 1. The molecular weight excluding hydrogens is 342 g/mol. The third-order valence-electron chi connectivity index (χ3n) is 5.57. The quantitative estimate of drug-likeness (QED) is 0.719. The molecule has 8 nitrogen and oxygen atoms in total. The molecular formula is C19H29N7O. The Balaban J connectivity index is 1.44. The molecule has 0 bridgehead atoms. The van der Waals surface area contributed by atoms with Crippen molar-refractivity contribution in [2.24, 2.45) is 0 Å². The van der Waals surface area contributed by atoms with Crippen molar-refractivity contribution in [3.05, 3.63) is 36.9 Å². The molecule has 146 valence electrons. The van der Waals surface area contributed by atoms with E-state index in [2.05, 4.69) is 41.2 Å². The minimum Gasteiger partial charge on any atom is -0.496 e. The number of nitrogens with one attached hydrogen (secondary N) is 1. The molecule has 8 heteroatoms. The summed E-state index contributed by atoms with van der Waals surface area (Å²) in [5, 5.41) is 16.5. The average Bonchev–Trinajstić information content (AvgIpc) is 3.41. The topological polar surface area (TPSA) is 82.7 Å². The number of rotatable bonds is 8. The van der Waals surface area contributed by atoms with Gasteiger partial charge in [0.1, 0.15) is 12.1 Å². The van der Waals surface area contributed by atoms with Gasteiger partial charge in [0.25, 0.3) is 0 Å². The van der Waals surface area contributed by atoms with E-state index in [0.29, 0.717) is 6.04 Å². The molecule has 2 unspecified atom stereocenters. The molecule has 1 N–H and O–H groups in total. The van der Waals surface area contributed by atoms with Crippen molar-refractivity contribution in [2.45, 2.75) is 76.1 Å². The molecule has 0 spiro atoms. The van der Waals surface area contributed by atoms with Crippen molar-refractivity contribution in [2.75, 3.05) is 6.54 Å². The smallest absolute Gasteiger partial charge is 0.172 e. The van der Waals surface area contributed by atoms with Crippen LogP contribution in [0.4, 0.5) is 0 Å². The van der Waals surface area contributed by atoms with E-state index in [9.17, 15) is 0 Å². The fourth-order valence-electron chi connectivity index (χ4n) is 4.12. The molecule has 0 amide bonds. The molecule has 1 aliphatic heterocycles. The first-order valence-electron chi connectivity index (χ1n) is 10.2. The van der Waals surface area contributed by atoms with Crippen LogP contribution in [0.5, 0.6) is 0 Å². The second kappa shape index (κ2) is 9.12. The summed E-state index contributed by atoms with van der Waals surface area (Å²) in [4.78, 5) is 4.10. The fraction of sp³-hybridized carbons (Fsp3) is 0.684. The molecule has 0 radical (unpaired) electrons. The zero-order valence-corrected chi connectivity index (χ0v) is 15.8. The predicted octanol–water partition coefficient (Wildman–Crippen LogP) is 2.79. The number of hydrogen-bond acceptors (Lipinski definition) is 6. The minimum absolute atomic E-state index is 0.00895. The van der Waals surface area contributed by atoms with Crippen LogP contribution in [-0.4, -0.2) is 42.4 Å². The van der Waals surface area contributed by atoms with Crippen molar-refractivity contribution in [3.8, 4) is 0 Å². The van der Waals surface area contributed by atoms with Crippen LogP contribution in [-0.2, 0) is 11.3 Å². The van der Waals surface area contributed by atoms with Gasteiger partial charge in [-0.05, 0) is 55.2 Å². The second-order valence-corrected chi connectivity index (χ2v) is 7.48. The minimum atomic E-state index is 0.00895. The van der Waals surface area contributed by atoms with Crippen LogP contribution in [0.25, 0.3) is 0 Å². The molecule has 4 rings (SSSR count). The molecule has 2 atom stereocenters. The first kappa shape index (κ1) is 18.2. The van der Waals surface area contributed by atoms with Crippen LogP contribution in [0.15, 0.2) is 31.1 Å². The van der Waals surface area contributed by atoms with Crippen molar-refractivity contribution in [1.29, 1.82) is 0 Å². The van der Waals surface area contributed by atoms with Crippen LogP contribution in [0, 0.1) is 0 Å². The van der Waals surface area contributed by atoms with Crippen LogP contribution < -0.4 is 5.32 Å². The summed E-state index contributed by atoms with van der Waals surface area (Å²) in [6.07, 6.45) is 18.8. The van der Waals surface area contributed by atoms with Crippen LogP contribution in [0.3, 0.4) is 0 Å². The monoisotopic (exact) mass is 371 g/mol. The Morgan fingerprint density at radius 2 is 2.15 bits per heavy atom.